The molecule has 0 fully saturated rings. The number of furan rings is 1. The molecule has 0 N–H and O–H groups in total. The molecule has 1 unspecified atom stereocenters. The largest absolute Gasteiger partial charge is 0.455 e. The highest BCUT2D eigenvalue weighted by atomic mass is 31.0. The summed E-state index contributed by atoms with van der Waals surface area (Å²) in [5.74, 6) is 0. The lowest BCUT2D eigenvalue weighted by atomic mass is 10.1. The molecule has 14 heavy (non-hydrogen) atoms. The van der Waals surface area contributed by atoms with Crippen molar-refractivity contribution in [3.8, 4) is 0 Å². The van der Waals surface area contributed by atoms with Crippen molar-refractivity contribution in [2.45, 2.75) is 0 Å². The molecule has 0 radical (unpaired) electrons. The molecular weight excluding hydrogens is 191 g/mol. The van der Waals surface area contributed by atoms with Gasteiger partial charge in [0.05, 0.1) is 0 Å². The quantitative estimate of drug-likeness (QED) is 0.508. The van der Waals surface area contributed by atoms with E-state index >= 15 is 0 Å². The van der Waals surface area contributed by atoms with Gasteiger partial charge in [-0.15, -0.1) is 9.24 Å². The lowest BCUT2D eigenvalue weighted by Gasteiger charge is -1.91. The molecule has 1 atom stereocenters. The standard InChI is InChI=1S/C12H9OP/c14-11-7-3-5-9-8-4-1-2-6-10(8)13-12(9)11/h1-7H,14H2. The number of para-hydroxylation sites is 2. The van der Waals surface area contributed by atoms with Crippen LogP contribution in [0.1, 0.15) is 0 Å². The van der Waals surface area contributed by atoms with Crippen molar-refractivity contribution in [3.63, 3.8) is 0 Å². The second-order valence-electron chi connectivity index (χ2n) is 3.32. The Balaban J connectivity index is 2.63. The Morgan fingerprint density at radius 3 is 2.57 bits per heavy atom. The van der Waals surface area contributed by atoms with Gasteiger partial charge in [-0.2, -0.15) is 0 Å². The summed E-state index contributed by atoms with van der Waals surface area (Å²) in [6.45, 7) is 0. The highest BCUT2D eigenvalue weighted by Crippen LogP contribution is 2.27. The maximum absolute atomic E-state index is 5.76. The van der Waals surface area contributed by atoms with Crippen LogP contribution >= 0.6 is 9.24 Å². The molecule has 3 rings (SSSR count). The summed E-state index contributed by atoms with van der Waals surface area (Å²) in [7, 11) is 2.70. The van der Waals surface area contributed by atoms with Crippen LogP contribution in [0, 0.1) is 0 Å². The van der Waals surface area contributed by atoms with Gasteiger partial charge < -0.3 is 4.42 Å². The van der Waals surface area contributed by atoms with Crippen molar-refractivity contribution in [3.05, 3.63) is 42.5 Å². The minimum absolute atomic E-state index is 0.956. The normalized spacial score (nSPS) is 11.2. The van der Waals surface area contributed by atoms with Gasteiger partial charge in [-0.05, 0) is 6.07 Å². The van der Waals surface area contributed by atoms with Crippen molar-refractivity contribution < 1.29 is 4.42 Å². The SMILES string of the molecule is Pc1cccc2c1oc1ccccc12. The minimum Gasteiger partial charge on any atom is -0.455 e. The monoisotopic (exact) mass is 200 g/mol. The van der Waals surface area contributed by atoms with E-state index in [0.29, 0.717) is 0 Å². The van der Waals surface area contributed by atoms with Gasteiger partial charge >= 0.3 is 0 Å². The molecule has 1 heterocycles. The number of rotatable bonds is 0. The molecule has 0 bridgehead atoms. The average Bonchev–Trinajstić information content (AvgIpc) is 2.59. The average molecular weight is 200 g/mol. The van der Waals surface area contributed by atoms with Crippen LogP contribution in [0.25, 0.3) is 21.9 Å². The zero-order valence-electron chi connectivity index (χ0n) is 7.53. The van der Waals surface area contributed by atoms with Gasteiger partial charge in [0.15, 0.2) is 0 Å². The predicted octanol–water partition coefficient (Wildman–Crippen LogP) is 3.09. The van der Waals surface area contributed by atoms with E-state index in [2.05, 4.69) is 21.4 Å². The van der Waals surface area contributed by atoms with E-state index in [1.165, 1.54) is 10.8 Å². The molecule has 0 aliphatic rings. The summed E-state index contributed by atoms with van der Waals surface area (Å²) in [5, 5.41) is 3.48. The molecule has 0 saturated carbocycles. The Kier molecular flexibility index (Phi) is 1.62. The molecule has 2 heteroatoms. The van der Waals surface area contributed by atoms with Crippen LogP contribution in [-0.4, -0.2) is 0 Å². The molecule has 0 aliphatic carbocycles. The van der Waals surface area contributed by atoms with Crippen molar-refractivity contribution in [2.24, 2.45) is 0 Å². The first-order valence-electron chi connectivity index (χ1n) is 4.52. The maximum atomic E-state index is 5.76. The minimum atomic E-state index is 0.956. The fourth-order valence-corrected chi connectivity index (χ4v) is 2.09. The van der Waals surface area contributed by atoms with Crippen LogP contribution in [0.2, 0.25) is 0 Å². The van der Waals surface area contributed by atoms with Gasteiger partial charge in [0, 0.05) is 16.1 Å². The Hall–Kier alpha value is -1.33. The Labute approximate surface area is 83.9 Å². The maximum Gasteiger partial charge on any atom is 0.142 e. The summed E-state index contributed by atoms with van der Waals surface area (Å²) in [6, 6.07) is 14.3. The third kappa shape index (κ3) is 0.995. The lowest BCUT2D eigenvalue weighted by Crippen LogP contribution is -1.87. The van der Waals surface area contributed by atoms with Crippen molar-refractivity contribution in [1.29, 1.82) is 0 Å². The van der Waals surface area contributed by atoms with Crippen molar-refractivity contribution >= 4 is 36.5 Å². The van der Waals surface area contributed by atoms with E-state index in [4.69, 9.17) is 4.42 Å². The zero-order chi connectivity index (χ0) is 9.54. The highest BCUT2D eigenvalue weighted by Gasteiger charge is 2.06. The van der Waals surface area contributed by atoms with E-state index in [-0.39, 0.29) is 0 Å². The molecule has 0 aliphatic heterocycles. The van der Waals surface area contributed by atoms with Crippen LogP contribution in [0.15, 0.2) is 46.9 Å². The lowest BCUT2D eigenvalue weighted by molar-refractivity contribution is 0.671. The summed E-state index contributed by atoms with van der Waals surface area (Å²) < 4.78 is 5.76. The van der Waals surface area contributed by atoms with E-state index < -0.39 is 0 Å². The predicted molar refractivity (Wildman–Crippen MR) is 63.1 cm³/mol. The summed E-state index contributed by atoms with van der Waals surface area (Å²) in [4.78, 5) is 0. The fourth-order valence-electron chi connectivity index (χ4n) is 1.77. The summed E-state index contributed by atoms with van der Waals surface area (Å²) in [5.41, 5.74) is 1.93. The van der Waals surface area contributed by atoms with E-state index in [1.807, 2.05) is 30.3 Å². The second-order valence-corrected chi connectivity index (χ2v) is 3.94. The van der Waals surface area contributed by atoms with Crippen LogP contribution in [0.3, 0.4) is 0 Å². The van der Waals surface area contributed by atoms with Crippen molar-refractivity contribution in [2.75, 3.05) is 0 Å². The van der Waals surface area contributed by atoms with Crippen LogP contribution in [0.5, 0.6) is 0 Å². The number of hydrogen-bond acceptors (Lipinski definition) is 1. The fraction of sp³-hybridized carbons (Fsp3) is 0. The highest BCUT2D eigenvalue weighted by molar-refractivity contribution is 7.28. The molecule has 2 aromatic carbocycles. The number of benzene rings is 2. The van der Waals surface area contributed by atoms with Gasteiger partial charge in [-0.1, -0.05) is 36.4 Å². The van der Waals surface area contributed by atoms with E-state index in [9.17, 15) is 0 Å². The smallest absolute Gasteiger partial charge is 0.142 e. The topological polar surface area (TPSA) is 13.1 Å². The Morgan fingerprint density at radius 2 is 1.64 bits per heavy atom. The molecule has 0 amide bonds. The second kappa shape index (κ2) is 2.83. The zero-order valence-corrected chi connectivity index (χ0v) is 8.68. The van der Waals surface area contributed by atoms with Gasteiger partial charge in [0.1, 0.15) is 11.2 Å². The van der Waals surface area contributed by atoms with Gasteiger partial charge in [0.2, 0.25) is 0 Å². The molecule has 3 aromatic rings. The molecule has 0 saturated heterocycles. The third-order valence-corrected chi connectivity index (χ3v) is 2.89. The summed E-state index contributed by atoms with van der Waals surface area (Å²) in [6.07, 6.45) is 0. The van der Waals surface area contributed by atoms with Gasteiger partial charge in [-0.3, -0.25) is 0 Å². The first kappa shape index (κ1) is 8.02. The Morgan fingerprint density at radius 1 is 0.857 bits per heavy atom. The van der Waals surface area contributed by atoms with Crippen LogP contribution < -0.4 is 5.30 Å². The van der Waals surface area contributed by atoms with E-state index in [1.54, 1.807) is 0 Å². The van der Waals surface area contributed by atoms with Crippen LogP contribution in [0.4, 0.5) is 0 Å². The van der Waals surface area contributed by atoms with Gasteiger partial charge in [-0.25, -0.2) is 0 Å². The molecule has 1 nitrogen and oxygen atoms in total. The number of fused-ring (bicyclic) bond motifs is 3. The molecule has 68 valence electrons. The first-order valence-corrected chi connectivity index (χ1v) is 5.10. The molecule has 0 spiro atoms. The van der Waals surface area contributed by atoms with Gasteiger partial charge in [0.25, 0.3) is 0 Å². The van der Waals surface area contributed by atoms with Crippen molar-refractivity contribution in [1.82, 2.24) is 0 Å². The van der Waals surface area contributed by atoms with Crippen LogP contribution in [-0.2, 0) is 0 Å². The van der Waals surface area contributed by atoms with E-state index in [0.717, 1.165) is 16.5 Å². The summed E-state index contributed by atoms with van der Waals surface area (Å²) >= 11 is 0. The molecular formula is C12H9OP. The Bertz CT molecular complexity index is 610. The first-order chi connectivity index (χ1) is 6.86. The number of hydrogen-bond donors (Lipinski definition) is 0. The molecule has 1 aromatic heterocycles. The third-order valence-electron chi connectivity index (χ3n) is 2.43.